The van der Waals surface area contributed by atoms with E-state index in [1.807, 2.05) is 12.4 Å². The van der Waals surface area contributed by atoms with Gasteiger partial charge in [0, 0.05) is 34.6 Å². The Morgan fingerprint density at radius 2 is 0.714 bits per heavy atom. The van der Waals surface area contributed by atoms with Crippen LogP contribution in [0.1, 0.15) is 106 Å². The molecule has 0 N–H and O–H groups in total. The first-order chi connectivity index (χ1) is 12.4. The molecule has 0 radical (unpaired) electrons. The maximum absolute atomic E-state index is 4.52. The average Bonchev–Trinajstić information content (AvgIpc) is 2.52. The van der Waals surface area contributed by atoms with Gasteiger partial charge in [-0.25, -0.2) is 0 Å². The van der Waals surface area contributed by atoms with Crippen LogP contribution in [0.4, 0.5) is 0 Å². The second-order valence-corrected chi connectivity index (χ2v) is 11.9. The summed E-state index contributed by atoms with van der Waals surface area (Å²) in [6.45, 7) is 26.4. The zero-order valence-corrected chi connectivity index (χ0v) is 20.4. The van der Waals surface area contributed by atoms with Crippen LogP contribution in [0.2, 0.25) is 0 Å². The van der Waals surface area contributed by atoms with Crippen LogP contribution in [-0.4, -0.2) is 9.97 Å². The third-order valence-electron chi connectivity index (χ3n) is 4.80. The van der Waals surface area contributed by atoms with E-state index in [4.69, 9.17) is 0 Å². The van der Waals surface area contributed by atoms with Crippen LogP contribution in [0, 0.1) is 0 Å². The van der Waals surface area contributed by atoms with Gasteiger partial charge < -0.3 is 0 Å². The minimum Gasteiger partial charge on any atom is -0.260 e. The standard InChI is InChI=1S/2C13H21N/c2*1-12(2,3)10-7-8-11(14-9-10)13(4,5)6/h2*7-9H,1-6H3. The van der Waals surface area contributed by atoms with E-state index in [2.05, 4.69) is 117 Å². The van der Waals surface area contributed by atoms with Crippen molar-refractivity contribution in [2.45, 2.75) is 105 Å². The normalized spacial score (nSPS) is 13.0. The second-order valence-electron chi connectivity index (χ2n) is 11.9. The number of rotatable bonds is 0. The lowest BCUT2D eigenvalue weighted by Gasteiger charge is -2.22. The largest absolute Gasteiger partial charge is 0.260 e. The quantitative estimate of drug-likeness (QED) is 0.476. The molecule has 0 aromatic carbocycles. The minimum absolute atomic E-state index is 0.149. The minimum atomic E-state index is 0.149. The molecule has 0 spiro atoms. The number of nitrogens with zero attached hydrogens (tertiary/aromatic N) is 2. The molecule has 2 heterocycles. The van der Waals surface area contributed by atoms with Gasteiger partial charge in [-0.1, -0.05) is 95.2 Å². The number of aromatic nitrogens is 2. The molecule has 2 nitrogen and oxygen atoms in total. The highest BCUT2D eigenvalue weighted by atomic mass is 14.7. The van der Waals surface area contributed by atoms with Gasteiger partial charge in [0.05, 0.1) is 0 Å². The zero-order chi connectivity index (χ0) is 22.0. The highest BCUT2D eigenvalue weighted by Crippen LogP contribution is 2.26. The van der Waals surface area contributed by atoms with Crippen molar-refractivity contribution in [3.63, 3.8) is 0 Å². The Balaban J connectivity index is 0.000000280. The van der Waals surface area contributed by atoms with Crippen molar-refractivity contribution in [1.29, 1.82) is 0 Å². The molecule has 0 saturated heterocycles. The molecule has 0 atom stereocenters. The summed E-state index contributed by atoms with van der Waals surface area (Å²) >= 11 is 0. The summed E-state index contributed by atoms with van der Waals surface area (Å²) in [6, 6.07) is 8.66. The lowest BCUT2D eigenvalue weighted by Crippen LogP contribution is -2.16. The van der Waals surface area contributed by atoms with E-state index in [0.29, 0.717) is 0 Å². The van der Waals surface area contributed by atoms with E-state index in [-0.39, 0.29) is 21.7 Å². The monoisotopic (exact) mass is 382 g/mol. The van der Waals surface area contributed by atoms with Gasteiger partial charge in [-0.2, -0.15) is 0 Å². The smallest absolute Gasteiger partial charge is 0.0457 e. The Labute approximate surface area is 174 Å². The van der Waals surface area contributed by atoms with E-state index in [9.17, 15) is 0 Å². The van der Waals surface area contributed by atoms with Crippen LogP contribution in [-0.2, 0) is 21.7 Å². The Kier molecular flexibility index (Phi) is 7.26. The average molecular weight is 383 g/mol. The highest BCUT2D eigenvalue weighted by Gasteiger charge is 2.19. The molecule has 2 aromatic rings. The summed E-state index contributed by atoms with van der Waals surface area (Å²) in [5.41, 5.74) is 5.60. The number of hydrogen-bond donors (Lipinski definition) is 0. The van der Waals surface area contributed by atoms with E-state index < -0.39 is 0 Å². The Morgan fingerprint density at radius 3 is 0.857 bits per heavy atom. The van der Waals surface area contributed by atoms with Gasteiger partial charge in [0.25, 0.3) is 0 Å². The molecule has 0 unspecified atom stereocenters. The van der Waals surface area contributed by atoms with Crippen LogP contribution in [0.5, 0.6) is 0 Å². The predicted octanol–water partition coefficient (Wildman–Crippen LogP) is 7.35. The van der Waals surface area contributed by atoms with Crippen LogP contribution < -0.4 is 0 Å². The van der Waals surface area contributed by atoms with Crippen LogP contribution in [0.3, 0.4) is 0 Å². The van der Waals surface area contributed by atoms with Crippen molar-refractivity contribution in [3.8, 4) is 0 Å². The molecular weight excluding hydrogens is 340 g/mol. The Morgan fingerprint density at radius 1 is 0.429 bits per heavy atom. The molecule has 0 bridgehead atoms. The van der Waals surface area contributed by atoms with Gasteiger partial charge >= 0.3 is 0 Å². The van der Waals surface area contributed by atoms with Crippen molar-refractivity contribution in [2.75, 3.05) is 0 Å². The summed E-state index contributed by atoms with van der Waals surface area (Å²) in [5.74, 6) is 0. The van der Waals surface area contributed by atoms with E-state index in [0.717, 1.165) is 11.4 Å². The second kappa shape index (κ2) is 8.35. The predicted molar refractivity (Wildman–Crippen MR) is 123 cm³/mol. The topological polar surface area (TPSA) is 25.8 Å². The summed E-state index contributed by atoms with van der Waals surface area (Å²) in [5, 5.41) is 0. The first-order valence-corrected chi connectivity index (χ1v) is 10.4. The molecular formula is C26H42N2. The van der Waals surface area contributed by atoms with Crippen molar-refractivity contribution in [1.82, 2.24) is 9.97 Å². The molecule has 156 valence electrons. The maximum atomic E-state index is 4.52. The first kappa shape index (κ1) is 24.3. The zero-order valence-electron chi connectivity index (χ0n) is 20.4. The Bertz CT molecular complexity index is 592. The Hall–Kier alpha value is -1.70. The van der Waals surface area contributed by atoms with Gasteiger partial charge in [-0.05, 0) is 34.1 Å². The molecule has 0 saturated carbocycles. The maximum Gasteiger partial charge on any atom is 0.0457 e. The fraction of sp³-hybridized carbons (Fsp3) is 0.615. The van der Waals surface area contributed by atoms with Crippen LogP contribution in [0.25, 0.3) is 0 Å². The fourth-order valence-corrected chi connectivity index (χ4v) is 2.56. The number of hydrogen-bond acceptors (Lipinski definition) is 2. The molecule has 2 rings (SSSR count). The van der Waals surface area contributed by atoms with Gasteiger partial charge in [0.15, 0.2) is 0 Å². The van der Waals surface area contributed by atoms with Crippen LogP contribution >= 0.6 is 0 Å². The third-order valence-corrected chi connectivity index (χ3v) is 4.80. The molecule has 2 aromatic heterocycles. The lowest BCUT2D eigenvalue weighted by molar-refractivity contribution is 0.556. The van der Waals surface area contributed by atoms with Gasteiger partial charge in [0.2, 0.25) is 0 Å². The summed E-state index contributed by atoms with van der Waals surface area (Å²) in [6.07, 6.45) is 4.00. The molecule has 0 amide bonds. The summed E-state index contributed by atoms with van der Waals surface area (Å²) in [7, 11) is 0. The SMILES string of the molecule is CC(C)(C)c1ccc(C(C)(C)C)nc1.CC(C)(C)c1ccc(C(C)(C)C)nc1. The van der Waals surface area contributed by atoms with Gasteiger partial charge in [-0.3, -0.25) is 9.97 Å². The van der Waals surface area contributed by atoms with E-state index >= 15 is 0 Å². The molecule has 0 aliphatic carbocycles. The van der Waals surface area contributed by atoms with E-state index in [1.165, 1.54) is 11.1 Å². The molecule has 0 aliphatic rings. The van der Waals surface area contributed by atoms with Crippen molar-refractivity contribution < 1.29 is 0 Å². The van der Waals surface area contributed by atoms with E-state index in [1.54, 1.807) is 0 Å². The summed E-state index contributed by atoms with van der Waals surface area (Å²) in [4.78, 5) is 9.03. The summed E-state index contributed by atoms with van der Waals surface area (Å²) < 4.78 is 0. The van der Waals surface area contributed by atoms with Gasteiger partial charge in [-0.15, -0.1) is 0 Å². The fourth-order valence-electron chi connectivity index (χ4n) is 2.56. The van der Waals surface area contributed by atoms with Crippen molar-refractivity contribution in [3.05, 3.63) is 59.2 Å². The van der Waals surface area contributed by atoms with Crippen LogP contribution in [0.15, 0.2) is 36.7 Å². The van der Waals surface area contributed by atoms with Crippen molar-refractivity contribution >= 4 is 0 Å². The van der Waals surface area contributed by atoms with Gasteiger partial charge in [0.1, 0.15) is 0 Å². The molecule has 0 aliphatic heterocycles. The molecule has 2 heteroatoms. The first-order valence-electron chi connectivity index (χ1n) is 10.4. The lowest BCUT2D eigenvalue weighted by atomic mass is 9.86. The molecule has 0 fully saturated rings. The highest BCUT2D eigenvalue weighted by molar-refractivity contribution is 5.25. The number of pyridine rings is 2. The third kappa shape index (κ3) is 7.37. The molecule has 28 heavy (non-hydrogen) atoms. The van der Waals surface area contributed by atoms with Crippen molar-refractivity contribution in [2.24, 2.45) is 0 Å².